The predicted molar refractivity (Wildman–Crippen MR) is 83.4 cm³/mol. The lowest BCUT2D eigenvalue weighted by molar-refractivity contribution is -0.159. The lowest BCUT2D eigenvalue weighted by atomic mass is 9.78. The minimum atomic E-state index is -1.82. The second kappa shape index (κ2) is 8.24. The summed E-state index contributed by atoms with van der Waals surface area (Å²) in [6.07, 6.45) is 2.59. The molecule has 3 fully saturated rings. The van der Waals surface area contributed by atoms with E-state index in [4.69, 9.17) is 25.1 Å². The zero-order valence-corrected chi connectivity index (χ0v) is 13.8. The first-order valence-electron chi connectivity index (χ1n) is 7.03. The van der Waals surface area contributed by atoms with E-state index >= 15 is 0 Å². The molecule has 3 aliphatic rings. The maximum Gasteiger partial charge on any atom is 0.414 e. The molecule has 2 bridgehead atoms. The van der Waals surface area contributed by atoms with E-state index in [2.05, 4.69) is 19.7 Å². The highest BCUT2D eigenvalue weighted by Crippen LogP contribution is 2.41. The summed E-state index contributed by atoms with van der Waals surface area (Å²) in [6, 6.07) is 2.16. The molecule has 4 heterocycles. The van der Waals surface area contributed by atoms with Crippen molar-refractivity contribution in [1.82, 2.24) is 13.6 Å². The van der Waals surface area contributed by atoms with Crippen LogP contribution < -0.4 is 0 Å². The topological polar surface area (TPSA) is 127 Å². The van der Waals surface area contributed by atoms with Gasteiger partial charge in [0.05, 0.1) is 29.2 Å². The summed E-state index contributed by atoms with van der Waals surface area (Å²) in [5, 5.41) is 24.4. The second-order valence-corrected chi connectivity index (χ2v) is 6.75. The van der Waals surface area contributed by atoms with Gasteiger partial charge in [-0.15, -0.1) is 0 Å². The van der Waals surface area contributed by atoms with Gasteiger partial charge in [-0.3, -0.25) is 0 Å². The summed E-state index contributed by atoms with van der Waals surface area (Å²) < 4.78 is 8.82. The van der Waals surface area contributed by atoms with E-state index in [-0.39, 0.29) is 0 Å². The molecular formula is C13H16N4O4S2. The van der Waals surface area contributed by atoms with Crippen LogP contribution in [0.25, 0.3) is 0 Å². The zero-order chi connectivity index (χ0) is 16.8. The van der Waals surface area contributed by atoms with Gasteiger partial charge in [-0.05, 0) is 31.8 Å². The van der Waals surface area contributed by atoms with Crippen molar-refractivity contribution in [2.75, 3.05) is 25.4 Å². The zero-order valence-electron chi connectivity index (χ0n) is 12.2. The number of nitrogens with zero attached hydrogens (tertiary/aromatic N) is 4. The average molecular weight is 356 g/mol. The minimum absolute atomic E-state index is 0.472. The molecule has 0 saturated carbocycles. The molecular weight excluding hydrogens is 340 g/mol. The van der Waals surface area contributed by atoms with Gasteiger partial charge >= 0.3 is 11.9 Å². The third-order valence-corrected chi connectivity index (χ3v) is 5.45. The Labute approximate surface area is 141 Å². The van der Waals surface area contributed by atoms with Crippen molar-refractivity contribution >= 4 is 35.4 Å². The highest BCUT2D eigenvalue weighted by Gasteiger charge is 2.37. The molecule has 8 nitrogen and oxygen atoms in total. The monoisotopic (exact) mass is 356 g/mol. The summed E-state index contributed by atoms with van der Waals surface area (Å²) in [5.41, 5.74) is 1.16. The molecule has 0 radical (unpaired) electrons. The molecule has 23 heavy (non-hydrogen) atoms. The van der Waals surface area contributed by atoms with Gasteiger partial charge in [-0.1, -0.05) is 11.8 Å². The lowest BCUT2D eigenvalue weighted by Crippen LogP contribution is -2.46. The van der Waals surface area contributed by atoms with Crippen molar-refractivity contribution in [2.45, 2.75) is 23.8 Å². The quantitative estimate of drug-likeness (QED) is 0.604. The summed E-state index contributed by atoms with van der Waals surface area (Å²) in [6.45, 7) is 3.63. The number of rotatable bonds is 3. The van der Waals surface area contributed by atoms with Gasteiger partial charge in [-0.2, -0.15) is 14.0 Å². The third kappa shape index (κ3) is 4.63. The fraction of sp³-hybridized carbons (Fsp3) is 0.615. The minimum Gasteiger partial charge on any atom is -0.473 e. The Hall–Kier alpha value is -1.70. The van der Waals surface area contributed by atoms with Gasteiger partial charge in [0, 0.05) is 12.5 Å². The van der Waals surface area contributed by atoms with E-state index < -0.39 is 11.9 Å². The van der Waals surface area contributed by atoms with Crippen LogP contribution in [-0.4, -0.2) is 61.2 Å². The molecule has 1 aromatic heterocycles. The van der Waals surface area contributed by atoms with Crippen LogP contribution in [0.4, 0.5) is 0 Å². The van der Waals surface area contributed by atoms with Crippen LogP contribution in [0, 0.1) is 17.2 Å². The Morgan fingerprint density at radius 1 is 1.30 bits per heavy atom. The molecule has 0 amide bonds. The number of fused-ring (bicyclic) bond motifs is 3. The normalized spacial score (nSPS) is 25.1. The van der Waals surface area contributed by atoms with Gasteiger partial charge in [-0.25, -0.2) is 9.59 Å². The average Bonchev–Trinajstić information content (AvgIpc) is 3.02. The number of piperidine rings is 3. The summed E-state index contributed by atoms with van der Waals surface area (Å²) >= 11 is 2.82. The number of hydrogen-bond donors (Lipinski definition) is 2. The Morgan fingerprint density at radius 3 is 2.43 bits per heavy atom. The number of aromatic nitrogens is 2. The first-order chi connectivity index (χ1) is 11.0. The predicted octanol–water partition coefficient (Wildman–Crippen LogP) is 1.12. The molecule has 3 aliphatic heterocycles. The maximum absolute atomic E-state index is 9.10. The largest absolute Gasteiger partial charge is 0.473 e. The summed E-state index contributed by atoms with van der Waals surface area (Å²) in [7, 11) is 0. The number of carbonyl (C=O) groups is 2. The Bertz CT molecular complexity index is 595. The van der Waals surface area contributed by atoms with E-state index in [0.29, 0.717) is 11.7 Å². The van der Waals surface area contributed by atoms with Crippen molar-refractivity contribution in [1.29, 1.82) is 5.26 Å². The first-order valence-corrected chi connectivity index (χ1v) is 8.75. The number of carboxylic acids is 2. The molecule has 2 N–H and O–H groups in total. The Kier molecular flexibility index (Phi) is 6.32. The van der Waals surface area contributed by atoms with Gasteiger partial charge in [0.1, 0.15) is 5.03 Å². The van der Waals surface area contributed by atoms with E-state index in [0.717, 1.165) is 23.2 Å². The third-order valence-electron chi connectivity index (χ3n) is 3.95. The van der Waals surface area contributed by atoms with E-state index in [1.807, 2.05) is 0 Å². The van der Waals surface area contributed by atoms with E-state index in [9.17, 15) is 0 Å². The number of carboxylic acid groups (broad SMARTS) is 2. The van der Waals surface area contributed by atoms with E-state index in [1.165, 1.54) is 49.4 Å². The molecule has 10 heteroatoms. The van der Waals surface area contributed by atoms with Gasteiger partial charge < -0.3 is 15.1 Å². The van der Waals surface area contributed by atoms with Crippen molar-refractivity contribution in [3.8, 4) is 6.07 Å². The number of hydrogen-bond acceptors (Lipinski definition) is 8. The van der Waals surface area contributed by atoms with Crippen LogP contribution in [0.2, 0.25) is 0 Å². The van der Waals surface area contributed by atoms with Gasteiger partial charge in [0.25, 0.3) is 0 Å². The highest BCUT2D eigenvalue weighted by molar-refractivity contribution is 7.99. The van der Waals surface area contributed by atoms with Crippen LogP contribution in [0.3, 0.4) is 0 Å². The fourth-order valence-corrected chi connectivity index (χ4v) is 4.32. The van der Waals surface area contributed by atoms with Crippen LogP contribution in [0.5, 0.6) is 0 Å². The summed E-state index contributed by atoms with van der Waals surface area (Å²) in [4.78, 5) is 20.7. The fourth-order valence-electron chi connectivity index (χ4n) is 2.89. The lowest BCUT2D eigenvalue weighted by Gasteiger charge is -2.44. The highest BCUT2D eigenvalue weighted by atomic mass is 32.2. The smallest absolute Gasteiger partial charge is 0.414 e. The molecule has 4 rings (SSSR count). The van der Waals surface area contributed by atoms with Crippen molar-refractivity contribution < 1.29 is 19.8 Å². The molecule has 0 aliphatic carbocycles. The SMILES string of the molecule is N#CCSc1nsnc1C1CN2CCC1CC2.O=C(O)C(=O)O. The van der Waals surface area contributed by atoms with Crippen LogP contribution in [0.1, 0.15) is 24.5 Å². The molecule has 1 aromatic rings. The van der Waals surface area contributed by atoms with Gasteiger partial charge in [0.2, 0.25) is 0 Å². The standard InChI is InChI=1S/C11H14N4S2.C2H2O4/c12-3-6-16-11-10(13-17-14-11)9-7-15-4-1-8(9)2-5-15;3-1(4)2(5)6/h8-9H,1-2,4-7H2;(H,3,4)(H,5,6). The molecule has 1 atom stereocenters. The Morgan fingerprint density at radius 2 is 1.96 bits per heavy atom. The summed E-state index contributed by atoms with van der Waals surface area (Å²) in [5.74, 6) is -1.84. The van der Waals surface area contributed by atoms with E-state index in [1.54, 1.807) is 0 Å². The molecule has 0 spiro atoms. The first kappa shape index (κ1) is 17.7. The van der Waals surface area contributed by atoms with Crippen LogP contribution >= 0.6 is 23.5 Å². The number of aliphatic carboxylic acids is 2. The van der Waals surface area contributed by atoms with Crippen LogP contribution in [-0.2, 0) is 9.59 Å². The molecule has 1 unspecified atom stereocenters. The second-order valence-electron chi connectivity index (χ2n) is 5.26. The number of nitriles is 1. The molecule has 0 aromatic carbocycles. The van der Waals surface area contributed by atoms with Crippen molar-refractivity contribution in [3.05, 3.63) is 5.69 Å². The number of thioether (sulfide) groups is 1. The van der Waals surface area contributed by atoms with Crippen molar-refractivity contribution in [3.63, 3.8) is 0 Å². The van der Waals surface area contributed by atoms with Crippen LogP contribution in [0.15, 0.2) is 5.03 Å². The maximum atomic E-state index is 9.10. The molecule has 124 valence electrons. The molecule has 3 saturated heterocycles. The van der Waals surface area contributed by atoms with Crippen molar-refractivity contribution in [2.24, 2.45) is 5.92 Å². The Balaban J connectivity index is 0.000000277. The van der Waals surface area contributed by atoms with Gasteiger partial charge in [0.15, 0.2) is 0 Å².